The molecule has 12 aromatic rings. The first-order chi connectivity index (χ1) is 30.2. The lowest BCUT2D eigenvalue weighted by molar-refractivity contribution is 1.28. The Morgan fingerprint density at radius 3 is 1.46 bits per heavy atom. The van der Waals surface area contributed by atoms with Gasteiger partial charge in [0.25, 0.3) is 0 Å². The Bertz CT molecular complexity index is 3620. The van der Waals surface area contributed by atoms with Gasteiger partial charge in [-0.15, -0.1) is 22.7 Å². The first-order valence-electron chi connectivity index (χ1n) is 20.7. The fourth-order valence-corrected chi connectivity index (χ4v) is 11.7. The Morgan fingerprint density at radius 1 is 0.279 bits per heavy atom. The van der Waals surface area contributed by atoms with E-state index in [0.29, 0.717) is 0 Å². The number of thiophene rings is 2. The van der Waals surface area contributed by atoms with E-state index in [1.165, 1.54) is 95.6 Å². The SMILES string of the molecule is c1cc(-c2cccc(N(c3cccc(-c4cccc5ccccc45)c3)c3ccccc3-c3cccc4c3sc3ccccc34)c2)cc(-c2cccc3c2sc2ccccc23)c1. The van der Waals surface area contributed by atoms with Crippen molar-refractivity contribution in [2.24, 2.45) is 0 Å². The number of hydrogen-bond donors (Lipinski definition) is 0. The number of rotatable bonds is 7. The first-order valence-corrected chi connectivity index (χ1v) is 22.4. The van der Waals surface area contributed by atoms with Gasteiger partial charge in [0.15, 0.2) is 0 Å². The van der Waals surface area contributed by atoms with Crippen molar-refractivity contribution in [1.82, 2.24) is 0 Å². The fourth-order valence-electron chi connectivity index (χ4n) is 9.24. The number of para-hydroxylation sites is 1. The van der Waals surface area contributed by atoms with Crippen LogP contribution in [0, 0.1) is 0 Å². The van der Waals surface area contributed by atoms with Gasteiger partial charge in [-0.2, -0.15) is 0 Å². The van der Waals surface area contributed by atoms with Crippen molar-refractivity contribution < 1.29 is 0 Å². The molecule has 61 heavy (non-hydrogen) atoms. The largest absolute Gasteiger partial charge is 0.310 e. The molecule has 0 N–H and O–H groups in total. The van der Waals surface area contributed by atoms with E-state index in [9.17, 15) is 0 Å². The molecule has 1 nitrogen and oxygen atoms in total. The Kier molecular flexibility index (Phi) is 8.62. The van der Waals surface area contributed by atoms with Gasteiger partial charge in [0.05, 0.1) is 5.69 Å². The van der Waals surface area contributed by atoms with E-state index in [1.807, 2.05) is 22.7 Å². The predicted octanol–water partition coefficient (Wildman–Crippen LogP) is 17.7. The summed E-state index contributed by atoms with van der Waals surface area (Å²) in [4.78, 5) is 2.46. The first kappa shape index (κ1) is 35.6. The van der Waals surface area contributed by atoms with Crippen LogP contribution in [-0.2, 0) is 0 Å². The summed E-state index contributed by atoms with van der Waals surface area (Å²) in [6.45, 7) is 0. The van der Waals surface area contributed by atoms with Crippen LogP contribution in [0.15, 0.2) is 224 Å². The summed E-state index contributed by atoms with van der Waals surface area (Å²) in [6, 6.07) is 82.4. The second-order valence-electron chi connectivity index (χ2n) is 15.6. The number of benzene rings is 10. The highest BCUT2D eigenvalue weighted by Gasteiger charge is 2.21. The quantitative estimate of drug-likeness (QED) is 0.155. The summed E-state index contributed by atoms with van der Waals surface area (Å²) in [6.07, 6.45) is 0. The van der Waals surface area contributed by atoms with Crippen LogP contribution in [0.5, 0.6) is 0 Å². The minimum atomic E-state index is 1.10. The molecule has 2 heterocycles. The van der Waals surface area contributed by atoms with Crippen LogP contribution in [0.3, 0.4) is 0 Å². The minimum absolute atomic E-state index is 1.10. The van der Waals surface area contributed by atoms with Gasteiger partial charge in [-0.25, -0.2) is 0 Å². The van der Waals surface area contributed by atoms with Crippen LogP contribution in [0.25, 0.3) is 95.6 Å². The van der Waals surface area contributed by atoms with Gasteiger partial charge in [0, 0.05) is 62.8 Å². The van der Waals surface area contributed by atoms with Crippen molar-refractivity contribution >= 4 is 90.9 Å². The number of hydrogen-bond acceptors (Lipinski definition) is 3. The highest BCUT2D eigenvalue weighted by molar-refractivity contribution is 7.26. The van der Waals surface area contributed by atoms with Crippen LogP contribution in [0.2, 0.25) is 0 Å². The number of anilines is 3. The zero-order chi connectivity index (χ0) is 40.3. The molecule has 0 aliphatic carbocycles. The van der Waals surface area contributed by atoms with Gasteiger partial charge in [-0.1, -0.05) is 176 Å². The van der Waals surface area contributed by atoms with Gasteiger partial charge >= 0.3 is 0 Å². The van der Waals surface area contributed by atoms with Gasteiger partial charge in [0.1, 0.15) is 0 Å². The van der Waals surface area contributed by atoms with Crippen molar-refractivity contribution in [3.8, 4) is 44.5 Å². The molecule has 2 aromatic heterocycles. The second kappa shape index (κ2) is 14.8. The molecular weight excluding hydrogens is 775 g/mol. The van der Waals surface area contributed by atoms with Crippen molar-refractivity contribution in [3.05, 3.63) is 224 Å². The highest BCUT2D eigenvalue weighted by Crippen LogP contribution is 2.47. The summed E-state index contributed by atoms with van der Waals surface area (Å²) in [7, 11) is 0. The molecule has 0 atom stereocenters. The lowest BCUT2D eigenvalue weighted by Crippen LogP contribution is -2.11. The molecule has 0 saturated heterocycles. The highest BCUT2D eigenvalue weighted by atomic mass is 32.1. The molecule has 0 saturated carbocycles. The summed E-state index contributed by atoms with van der Waals surface area (Å²) >= 11 is 3.76. The summed E-state index contributed by atoms with van der Waals surface area (Å²) in [5.74, 6) is 0. The van der Waals surface area contributed by atoms with Crippen molar-refractivity contribution in [1.29, 1.82) is 0 Å². The molecular formula is C58H37NS2. The monoisotopic (exact) mass is 811 g/mol. The fraction of sp³-hybridized carbons (Fsp3) is 0. The Labute approximate surface area is 362 Å². The molecule has 0 bridgehead atoms. The van der Waals surface area contributed by atoms with E-state index < -0.39 is 0 Å². The lowest BCUT2D eigenvalue weighted by Gasteiger charge is -2.29. The number of nitrogens with zero attached hydrogens (tertiary/aromatic N) is 1. The van der Waals surface area contributed by atoms with Crippen LogP contribution in [0.1, 0.15) is 0 Å². The smallest absolute Gasteiger partial charge is 0.0540 e. The molecule has 3 heteroatoms. The summed E-state index contributed by atoms with van der Waals surface area (Å²) in [5, 5.41) is 7.73. The third-order valence-electron chi connectivity index (χ3n) is 12.1. The lowest BCUT2D eigenvalue weighted by atomic mass is 9.96. The Morgan fingerprint density at radius 2 is 0.721 bits per heavy atom. The Balaban J connectivity index is 1.04. The molecule has 10 aromatic carbocycles. The summed E-state index contributed by atoms with van der Waals surface area (Å²) in [5.41, 5.74) is 13.0. The van der Waals surface area contributed by atoms with E-state index in [-0.39, 0.29) is 0 Å². The maximum Gasteiger partial charge on any atom is 0.0540 e. The molecule has 12 rings (SSSR count). The van der Waals surface area contributed by atoms with Gasteiger partial charge in [-0.05, 0) is 92.7 Å². The van der Waals surface area contributed by atoms with Gasteiger partial charge in [0.2, 0.25) is 0 Å². The van der Waals surface area contributed by atoms with Crippen molar-refractivity contribution in [2.45, 2.75) is 0 Å². The molecule has 0 aliphatic heterocycles. The maximum absolute atomic E-state index is 2.46. The van der Waals surface area contributed by atoms with Gasteiger partial charge < -0.3 is 4.90 Å². The van der Waals surface area contributed by atoms with Crippen LogP contribution in [0.4, 0.5) is 17.1 Å². The van der Waals surface area contributed by atoms with E-state index in [0.717, 1.165) is 17.1 Å². The standard InChI is InChI=1S/C58H37NS2/c1-2-23-45-38(15-1)16-12-27-46(45)42-20-11-22-44(37-42)59(54-32-6-3-24-48(54)51-29-14-31-53-50-26-5-8-34-56(50)61-58(51)53)43-21-10-18-40(36-43)39-17-9-19-41(35-39)47-28-13-30-52-49-25-4-7-33-55(49)60-57(47)52/h1-37H. The average molecular weight is 812 g/mol. The molecule has 0 unspecified atom stereocenters. The molecule has 0 spiro atoms. The third-order valence-corrected chi connectivity index (χ3v) is 14.5. The molecule has 0 fully saturated rings. The normalized spacial score (nSPS) is 11.6. The minimum Gasteiger partial charge on any atom is -0.310 e. The Hall–Kier alpha value is -7.30. The third kappa shape index (κ3) is 6.13. The van der Waals surface area contributed by atoms with E-state index in [2.05, 4.69) is 229 Å². The zero-order valence-electron chi connectivity index (χ0n) is 33.1. The van der Waals surface area contributed by atoms with Crippen LogP contribution in [-0.4, -0.2) is 0 Å². The van der Waals surface area contributed by atoms with E-state index >= 15 is 0 Å². The molecule has 0 aliphatic rings. The topological polar surface area (TPSA) is 3.24 Å². The second-order valence-corrected chi connectivity index (χ2v) is 17.7. The predicted molar refractivity (Wildman–Crippen MR) is 266 cm³/mol. The zero-order valence-corrected chi connectivity index (χ0v) is 34.8. The molecule has 0 amide bonds. The molecule has 0 radical (unpaired) electrons. The van der Waals surface area contributed by atoms with E-state index in [4.69, 9.17) is 0 Å². The van der Waals surface area contributed by atoms with Crippen molar-refractivity contribution in [2.75, 3.05) is 4.90 Å². The number of fused-ring (bicyclic) bond motifs is 7. The van der Waals surface area contributed by atoms with Crippen molar-refractivity contribution in [3.63, 3.8) is 0 Å². The van der Waals surface area contributed by atoms with Crippen LogP contribution < -0.4 is 4.90 Å². The maximum atomic E-state index is 2.46. The van der Waals surface area contributed by atoms with Gasteiger partial charge in [-0.3, -0.25) is 0 Å². The molecule has 286 valence electrons. The summed E-state index contributed by atoms with van der Waals surface area (Å²) < 4.78 is 5.26. The average Bonchev–Trinajstić information content (AvgIpc) is 3.91. The van der Waals surface area contributed by atoms with Crippen LogP contribution >= 0.6 is 22.7 Å². The van der Waals surface area contributed by atoms with E-state index in [1.54, 1.807) is 0 Å².